The van der Waals surface area contributed by atoms with Crippen LogP contribution in [0.15, 0.2) is 27.4 Å². The molecule has 0 aliphatic carbocycles. The molecule has 6 heteroatoms. The summed E-state index contributed by atoms with van der Waals surface area (Å²) in [6.07, 6.45) is 0. The van der Waals surface area contributed by atoms with Crippen LogP contribution >= 0.6 is 11.6 Å². The highest BCUT2D eigenvalue weighted by Crippen LogP contribution is 2.26. The minimum atomic E-state index is -1.39. The molecule has 0 saturated carbocycles. The molecular weight excluding hydrogens is 236 g/mol. The van der Waals surface area contributed by atoms with Gasteiger partial charge in [-0.2, -0.15) is 0 Å². The van der Waals surface area contributed by atoms with Crippen LogP contribution in [0.4, 0.5) is 0 Å². The van der Waals surface area contributed by atoms with Gasteiger partial charge in [-0.1, -0.05) is 17.4 Å². The number of aromatic carboxylic acids is 1. The molecule has 0 aliphatic rings. The maximum absolute atomic E-state index is 11.2. The van der Waals surface area contributed by atoms with Gasteiger partial charge >= 0.3 is 11.6 Å². The van der Waals surface area contributed by atoms with E-state index in [0.29, 0.717) is 5.39 Å². The topological polar surface area (TPSA) is 90.6 Å². The molecule has 5 nitrogen and oxygen atoms in total. The molecule has 1 aromatic heterocycles. The Morgan fingerprint density at radius 1 is 1.38 bits per heavy atom. The highest BCUT2D eigenvalue weighted by Gasteiger charge is 2.12. The summed E-state index contributed by atoms with van der Waals surface area (Å²) in [5.41, 5.74) is -1.48. The van der Waals surface area contributed by atoms with Gasteiger partial charge in [-0.15, -0.1) is 0 Å². The molecule has 16 heavy (non-hydrogen) atoms. The third-order valence-electron chi connectivity index (χ3n) is 2.02. The minimum Gasteiger partial charge on any atom is -0.871 e. The van der Waals surface area contributed by atoms with Gasteiger partial charge in [0, 0.05) is 10.4 Å². The summed E-state index contributed by atoms with van der Waals surface area (Å²) in [5.74, 6) is -1.88. The average Bonchev–Trinajstić information content (AvgIpc) is 2.19. The third-order valence-corrected chi connectivity index (χ3v) is 2.31. The molecule has 0 fully saturated rings. The fraction of sp³-hybridized carbons (Fsp3) is 0. The number of carboxylic acids is 1. The quantitative estimate of drug-likeness (QED) is 0.756. The van der Waals surface area contributed by atoms with Crippen LogP contribution in [0.1, 0.15) is 10.4 Å². The first-order chi connectivity index (χ1) is 7.49. The molecular formula is C10H4ClO5-. The van der Waals surface area contributed by atoms with Crippen LogP contribution in [0.5, 0.6) is 5.75 Å². The highest BCUT2D eigenvalue weighted by atomic mass is 35.5. The van der Waals surface area contributed by atoms with Crippen molar-refractivity contribution in [2.24, 2.45) is 0 Å². The second kappa shape index (κ2) is 3.53. The Morgan fingerprint density at radius 3 is 2.69 bits per heavy atom. The van der Waals surface area contributed by atoms with E-state index in [0.717, 1.165) is 12.1 Å². The fourth-order valence-electron chi connectivity index (χ4n) is 1.27. The normalized spacial score (nSPS) is 10.6. The van der Waals surface area contributed by atoms with Crippen molar-refractivity contribution >= 4 is 28.5 Å². The Balaban J connectivity index is 2.85. The van der Waals surface area contributed by atoms with Gasteiger partial charge in [-0.05, 0) is 18.2 Å². The molecule has 0 saturated heterocycles. The lowest BCUT2D eigenvalue weighted by Gasteiger charge is -2.08. The van der Waals surface area contributed by atoms with Crippen LogP contribution in [-0.2, 0) is 0 Å². The van der Waals surface area contributed by atoms with Crippen molar-refractivity contribution in [3.63, 3.8) is 0 Å². The highest BCUT2D eigenvalue weighted by molar-refractivity contribution is 6.32. The van der Waals surface area contributed by atoms with Crippen LogP contribution in [0, 0.1) is 0 Å². The molecule has 0 radical (unpaired) electrons. The summed E-state index contributed by atoms with van der Waals surface area (Å²) in [5, 5.41) is 20.1. The van der Waals surface area contributed by atoms with Gasteiger partial charge < -0.3 is 14.6 Å². The van der Waals surface area contributed by atoms with Gasteiger partial charge in [-0.25, -0.2) is 9.59 Å². The van der Waals surface area contributed by atoms with Crippen molar-refractivity contribution in [2.75, 3.05) is 0 Å². The Labute approximate surface area is 93.5 Å². The number of carboxylic acid groups (broad SMARTS) is 1. The van der Waals surface area contributed by atoms with Crippen LogP contribution in [0.3, 0.4) is 0 Å². The number of hydrogen-bond acceptors (Lipinski definition) is 4. The van der Waals surface area contributed by atoms with E-state index in [-0.39, 0.29) is 10.6 Å². The first-order valence-electron chi connectivity index (χ1n) is 4.17. The first kappa shape index (κ1) is 10.5. The van der Waals surface area contributed by atoms with Gasteiger partial charge in [0.25, 0.3) is 0 Å². The molecule has 0 aliphatic heterocycles. The van der Waals surface area contributed by atoms with Crippen molar-refractivity contribution in [3.8, 4) is 5.75 Å². The molecule has 1 heterocycles. The van der Waals surface area contributed by atoms with Gasteiger partial charge in [0.2, 0.25) is 0 Å². The summed E-state index contributed by atoms with van der Waals surface area (Å²) in [6.45, 7) is 0. The molecule has 2 aromatic rings. The minimum absolute atomic E-state index is 0.0180. The average molecular weight is 240 g/mol. The molecule has 0 bridgehead atoms. The number of benzene rings is 1. The second-order valence-corrected chi connectivity index (χ2v) is 3.48. The SMILES string of the molecule is O=C(O)c1cc2cc(Cl)c([O-])cc2oc1=O. The molecule has 0 spiro atoms. The number of carbonyl (C=O) groups is 1. The zero-order chi connectivity index (χ0) is 11.9. The zero-order valence-corrected chi connectivity index (χ0v) is 8.45. The van der Waals surface area contributed by atoms with E-state index in [1.807, 2.05) is 0 Å². The van der Waals surface area contributed by atoms with E-state index < -0.39 is 22.9 Å². The maximum Gasteiger partial charge on any atom is 0.351 e. The largest absolute Gasteiger partial charge is 0.871 e. The summed E-state index contributed by atoms with van der Waals surface area (Å²) >= 11 is 5.58. The van der Waals surface area contributed by atoms with Gasteiger partial charge in [-0.3, -0.25) is 0 Å². The predicted octanol–water partition coefficient (Wildman–Crippen LogP) is 1.22. The number of hydrogen-bond donors (Lipinski definition) is 1. The number of rotatable bonds is 1. The van der Waals surface area contributed by atoms with E-state index in [1.165, 1.54) is 6.07 Å². The molecule has 1 aromatic carbocycles. The Bertz CT molecular complexity index is 643. The standard InChI is InChI=1S/C10H5ClO5/c11-6-2-4-1-5(9(13)14)10(15)16-8(4)3-7(6)12/h1-3,12H,(H,13,14)/p-1. The van der Waals surface area contributed by atoms with E-state index in [2.05, 4.69) is 0 Å². The smallest absolute Gasteiger partial charge is 0.351 e. The van der Waals surface area contributed by atoms with Gasteiger partial charge in [0.15, 0.2) is 0 Å². The second-order valence-electron chi connectivity index (χ2n) is 3.07. The van der Waals surface area contributed by atoms with Crippen LogP contribution in [0.25, 0.3) is 11.0 Å². The van der Waals surface area contributed by atoms with Gasteiger partial charge in [0.05, 0.1) is 0 Å². The summed E-state index contributed by atoms with van der Waals surface area (Å²) in [4.78, 5) is 21.9. The van der Waals surface area contributed by atoms with Crippen molar-refractivity contribution in [1.29, 1.82) is 0 Å². The van der Waals surface area contributed by atoms with E-state index >= 15 is 0 Å². The Kier molecular flexibility index (Phi) is 2.32. The molecule has 0 amide bonds. The lowest BCUT2D eigenvalue weighted by atomic mass is 10.2. The Hall–Kier alpha value is -2.01. The fourth-order valence-corrected chi connectivity index (χ4v) is 1.44. The molecule has 0 atom stereocenters. The molecule has 0 unspecified atom stereocenters. The lowest BCUT2D eigenvalue weighted by molar-refractivity contribution is -0.268. The van der Waals surface area contributed by atoms with Crippen molar-refractivity contribution in [2.45, 2.75) is 0 Å². The monoisotopic (exact) mass is 239 g/mol. The van der Waals surface area contributed by atoms with E-state index in [9.17, 15) is 14.7 Å². The summed E-state index contributed by atoms with van der Waals surface area (Å²) in [6, 6.07) is 3.42. The summed E-state index contributed by atoms with van der Waals surface area (Å²) in [7, 11) is 0. The number of fused-ring (bicyclic) bond motifs is 1. The van der Waals surface area contributed by atoms with Crippen LogP contribution < -0.4 is 10.7 Å². The number of halogens is 1. The van der Waals surface area contributed by atoms with E-state index in [4.69, 9.17) is 21.1 Å². The first-order valence-corrected chi connectivity index (χ1v) is 4.54. The predicted molar refractivity (Wildman–Crippen MR) is 53.9 cm³/mol. The van der Waals surface area contributed by atoms with Crippen molar-refractivity contribution in [1.82, 2.24) is 0 Å². The molecule has 2 rings (SSSR count). The van der Waals surface area contributed by atoms with Gasteiger partial charge in [0.1, 0.15) is 11.1 Å². The lowest BCUT2D eigenvalue weighted by Crippen LogP contribution is -2.12. The maximum atomic E-state index is 11.2. The molecule has 82 valence electrons. The van der Waals surface area contributed by atoms with Crippen LogP contribution in [-0.4, -0.2) is 11.1 Å². The molecule has 1 N–H and O–H groups in total. The van der Waals surface area contributed by atoms with E-state index in [1.54, 1.807) is 0 Å². The van der Waals surface area contributed by atoms with Crippen molar-refractivity contribution in [3.05, 3.63) is 39.2 Å². The Morgan fingerprint density at radius 2 is 2.06 bits per heavy atom. The van der Waals surface area contributed by atoms with Crippen molar-refractivity contribution < 1.29 is 19.4 Å². The third kappa shape index (κ3) is 1.61. The van der Waals surface area contributed by atoms with Crippen LogP contribution in [0.2, 0.25) is 5.02 Å². The summed E-state index contributed by atoms with van der Waals surface area (Å²) < 4.78 is 4.69. The zero-order valence-electron chi connectivity index (χ0n) is 7.69.